The van der Waals surface area contributed by atoms with Gasteiger partial charge in [0.15, 0.2) is 12.5 Å². The van der Waals surface area contributed by atoms with Gasteiger partial charge in [-0.3, -0.25) is 5.10 Å². The number of benzene rings is 1. The van der Waals surface area contributed by atoms with E-state index in [0.29, 0.717) is 4.77 Å². The summed E-state index contributed by atoms with van der Waals surface area (Å²) in [5, 5.41) is 3.38. The van der Waals surface area contributed by atoms with Crippen LogP contribution in [-0.2, 0) is 6.67 Å². The summed E-state index contributed by atoms with van der Waals surface area (Å²) < 4.78 is 3.69. The molecular weight excluding hydrogens is 360 g/mol. The summed E-state index contributed by atoms with van der Waals surface area (Å²) in [6.07, 6.45) is 5.22. The number of H-pyrrole nitrogens is 1. The zero-order chi connectivity index (χ0) is 15.5. The first-order valence-corrected chi connectivity index (χ1v) is 9.15. The van der Waals surface area contributed by atoms with E-state index >= 15 is 0 Å². The largest absolute Gasteiger partial charge is 0.314 e. The molecule has 0 aliphatic carbocycles. The average molecular weight is 382 g/mol. The molecule has 118 valence electrons. The lowest BCUT2D eigenvalue weighted by atomic mass is 10.0. The van der Waals surface area contributed by atoms with Crippen molar-refractivity contribution >= 4 is 28.1 Å². The van der Waals surface area contributed by atoms with Crippen molar-refractivity contribution in [3.05, 3.63) is 33.5 Å². The van der Waals surface area contributed by atoms with Crippen LogP contribution in [0.4, 0.5) is 0 Å². The Balaban J connectivity index is 1.84. The first-order valence-electron chi connectivity index (χ1n) is 7.95. The van der Waals surface area contributed by atoms with E-state index in [1.54, 1.807) is 4.90 Å². The summed E-state index contributed by atoms with van der Waals surface area (Å²) in [4.78, 5) is 6.15. The molecule has 1 aromatic heterocycles. The Kier molecular flexibility index (Phi) is 5.10. The Morgan fingerprint density at radius 1 is 1.41 bits per heavy atom. The van der Waals surface area contributed by atoms with Crippen molar-refractivity contribution in [2.75, 3.05) is 6.54 Å². The number of likely N-dealkylation sites (tertiary alicyclic amines) is 1. The molecule has 1 saturated heterocycles. The molecule has 2 heterocycles. The van der Waals surface area contributed by atoms with Crippen molar-refractivity contribution in [3.8, 4) is 11.4 Å². The van der Waals surface area contributed by atoms with Crippen LogP contribution in [0.2, 0.25) is 0 Å². The van der Waals surface area contributed by atoms with Gasteiger partial charge in [0.25, 0.3) is 0 Å². The topological polar surface area (TPSA) is 38.0 Å². The summed E-state index contributed by atoms with van der Waals surface area (Å²) in [6, 6.07) is 8.83. The molecular formula is C16H22BrN4S+. The molecule has 2 aromatic rings. The van der Waals surface area contributed by atoms with Gasteiger partial charge in [-0.05, 0) is 44.0 Å². The maximum absolute atomic E-state index is 5.45. The predicted octanol–water partition coefficient (Wildman–Crippen LogP) is 3.18. The molecule has 0 amide bonds. The molecule has 1 aliphatic heterocycles. The van der Waals surface area contributed by atoms with Crippen LogP contribution in [0.1, 0.15) is 32.6 Å². The van der Waals surface area contributed by atoms with Crippen molar-refractivity contribution in [3.63, 3.8) is 0 Å². The van der Waals surface area contributed by atoms with Gasteiger partial charge in [0.2, 0.25) is 4.77 Å². The molecule has 0 radical (unpaired) electrons. The van der Waals surface area contributed by atoms with Gasteiger partial charge in [0.1, 0.15) is 0 Å². The van der Waals surface area contributed by atoms with Gasteiger partial charge in [-0.1, -0.05) is 41.1 Å². The Labute approximate surface area is 144 Å². The number of rotatable bonds is 4. The van der Waals surface area contributed by atoms with E-state index in [2.05, 4.69) is 32.9 Å². The van der Waals surface area contributed by atoms with Crippen LogP contribution in [0.25, 0.3) is 11.4 Å². The molecule has 0 saturated carbocycles. The third-order valence-corrected chi connectivity index (χ3v) is 5.54. The van der Waals surface area contributed by atoms with E-state index < -0.39 is 0 Å². The van der Waals surface area contributed by atoms with Gasteiger partial charge >= 0.3 is 0 Å². The Morgan fingerprint density at radius 3 is 3.00 bits per heavy atom. The number of halogens is 1. The van der Waals surface area contributed by atoms with E-state index in [9.17, 15) is 0 Å². The van der Waals surface area contributed by atoms with Gasteiger partial charge in [-0.15, -0.1) is 0 Å². The number of hydrogen-bond acceptors (Lipinski definition) is 2. The number of quaternary nitrogens is 1. The van der Waals surface area contributed by atoms with Crippen molar-refractivity contribution in [1.29, 1.82) is 0 Å². The molecule has 1 aliphatic rings. The third-order valence-electron chi connectivity index (χ3n) is 4.54. The van der Waals surface area contributed by atoms with E-state index in [1.165, 1.54) is 32.2 Å². The number of piperidine rings is 1. The predicted molar refractivity (Wildman–Crippen MR) is 94.3 cm³/mol. The Bertz CT molecular complexity index is 693. The third kappa shape index (κ3) is 3.34. The molecule has 1 fully saturated rings. The first-order chi connectivity index (χ1) is 10.7. The minimum absolute atomic E-state index is 0.638. The maximum atomic E-state index is 5.45. The first kappa shape index (κ1) is 15.9. The smallest absolute Gasteiger partial charge is 0.221 e. The monoisotopic (exact) mass is 381 g/mol. The lowest BCUT2D eigenvalue weighted by Crippen LogP contribution is -3.15. The molecule has 2 atom stereocenters. The van der Waals surface area contributed by atoms with Crippen molar-refractivity contribution in [2.45, 2.75) is 45.3 Å². The van der Waals surface area contributed by atoms with E-state index in [0.717, 1.165) is 28.6 Å². The van der Waals surface area contributed by atoms with Crippen LogP contribution in [0.5, 0.6) is 0 Å². The van der Waals surface area contributed by atoms with Gasteiger partial charge in [-0.25, -0.2) is 4.68 Å². The van der Waals surface area contributed by atoms with Crippen molar-refractivity contribution < 1.29 is 4.90 Å². The lowest BCUT2D eigenvalue weighted by Gasteiger charge is -2.31. The maximum Gasteiger partial charge on any atom is 0.221 e. The summed E-state index contributed by atoms with van der Waals surface area (Å²) >= 11 is 9.03. The van der Waals surface area contributed by atoms with Crippen LogP contribution in [0.3, 0.4) is 0 Å². The highest BCUT2D eigenvalue weighted by atomic mass is 79.9. The van der Waals surface area contributed by atoms with Crippen molar-refractivity contribution in [1.82, 2.24) is 14.8 Å². The minimum Gasteiger partial charge on any atom is -0.314 e. The second-order valence-corrected chi connectivity index (χ2v) is 7.15. The normalized spacial score (nSPS) is 21.9. The highest BCUT2D eigenvalue weighted by Gasteiger charge is 2.25. The van der Waals surface area contributed by atoms with E-state index in [-0.39, 0.29) is 0 Å². The van der Waals surface area contributed by atoms with Crippen LogP contribution < -0.4 is 4.90 Å². The SMILES string of the molecule is CC[C@H]1CCCC[NH+]1Cn1[nH]c(-c2ccccc2Br)nc1=S. The highest BCUT2D eigenvalue weighted by Crippen LogP contribution is 2.24. The minimum atomic E-state index is 0.638. The fourth-order valence-corrected chi connectivity index (χ4v) is 3.97. The fraction of sp³-hybridized carbons (Fsp3) is 0.500. The number of nitrogens with zero attached hydrogens (tertiary/aromatic N) is 2. The van der Waals surface area contributed by atoms with Crippen LogP contribution in [0, 0.1) is 4.77 Å². The van der Waals surface area contributed by atoms with Crippen LogP contribution in [0.15, 0.2) is 28.7 Å². The zero-order valence-electron chi connectivity index (χ0n) is 12.8. The van der Waals surface area contributed by atoms with E-state index in [1.807, 2.05) is 28.9 Å². The summed E-state index contributed by atoms with van der Waals surface area (Å²) in [7, 11) is 0. The second-order valence-electron chi connectivity index (χ2n) is 5.93. The molecule has 2 N–H and O–H groups in total. The van der Waals surface area contributed by atoms with Gasteiger partial charge in [-0.2, -0.15) is 4.98 Å². The summed E-state index contributed by atoms with van der Waals surface area (Å²) in [6.45, 7) is 4.40. The molecule has 6 heteroatoms. The Hall–Kier alpha value is -0.980. The molecule has 0 spiro atoms. The van der Waals surface area contributed by atoms with Gasteiger partial charge < -0.3 is 4.90 Å². The number of nitrogens with one attached hydrogen (secondary N) is 2. The molecule has 0 bridgehead atoms. The average Bonchev–Trinajstić information content (AvgIpc) is 2.89. The molecule has 22 heavy (non-hydrogen) atoms. The number of aromatic amines is 1. The number of aromatic nitrogens is 3. The van der Waals surface area contributed by atoms with Gasteiger partial charge in [0.05, 0.1) is 12.6 Å². The Morgan fingerprint density at radius 2 is 2.23 bits per heavy atom. The quantitative estimate of drug-likeness (QED) is 0.798. The molecule has 3 rings (SSSR count). The molecule has 1 aromatic carbocycles. The fourth-order valence-electron chi connectivity index (χ4n) is 3.29. The van der Waals surface area contributed by atoms with Crippen LogP contribution >= 0.6 is 28.1 Å². The summed E-state index contributed by atoms with van der Waals surface area (Å²) in [5.74, 6) is 0.835. The summed E-state index contributed by atoms with van der Waals surface area (Å²) in [5.41, 5.74) is 1.05. The van der Waals surface area contributed by atoms with Gasteiger partial charge in [0, 0.05) is 10.0 Å². The standard InChI is InChI=1S/C16H21BrN4S/c1-2-12-7-5-6-10-20(12)11-21-16(22)18-15(19-21)13-8-3-4-9-14(13)17/h3-4,8-9,12H,2,5-7,10-11H2,1H3,(H,18,19,22)/p+1/t12-/m0/s1. The van der Waals surface area contributed by atoms with Crippen molar-refractivity contribution in [2.24, 2.45) is 0 Å². The molecule has 4 nitrogen and oxygen atoms in total. The second kappa shape index (κ2) is 7.06. The van der Waals surface area contributed by atoms with Crippen LogP contribution in [-0.4, -0.2) is 27.4 Å². The zero-order valence-corrected chi connectivity index (χ0v) is 15.2. The number of hydrogen-bond donors (Lipinski definition) is 2. The highest BCUT2D eigenvalue weighted by molar-refractivity contribution is 9.10. The molecule has 1 unspecified atom stereocenters. The lowest BCUT2D eigenvalue weighted by molar-refractivity contribution is -0.953. The van der Waals surface area contributed by atoms with E-state index in [4.69, 9.17) is 12.2 Å².